The number of carbonyl (C=O) groups excluding carboxylic acids is 1. The van der Waals surface area contributed by atoms with Crippen LogP contribution in [-0.2, 0) is 0 Å². The van der Waals surface area contributed by atoms with Crippen molar-refractivity contribution in [2.24, 2.45) is 5.92 Å². The third kappa shape index (κ3) is 4.65. The minimum absolute atomic E-state index is 0.0920. The number of halogens is 1. The number of hydrogen-bond donors (Lipinski definition) is 1. The molecule has 0 aliphatic heterocycles. The second-order valence-corrected chi connectivity index (χ2v) is 8.84. The monoisotopic (exact) mass is 406 g/mol. The highest BCUT2D eigenvalue weighted by Gasteiger charge is 2.31. The summed E-state index contributed by atoms with van der Waals surface area (Å²) in [5, 5.41) is 4.93. The molecule has 6 heteroatoms. The summed E-state index contributed by atoms with van der Waals surface area (Å²) in [5.74, 6) is 0.982. The molecule has 1 aliphatic carbocycles. The molecule has 1 aromatic heterocycles. The quantitative estimate of drug-likeness (QED) is 0.733. The maximum absolute atomic E-state index is 12.6. The maximum Gasteiger partial charge on any atom is 0.256 e. The van der Waals surface area contributed by atoms with Gasteiger partial charge in [-0.15, -0.1) is 11.3 Å². The van der Waals surface area contributed by atoms with Crippen LogP contribution in [0.4, 0.5) is 0 Å². The number of thiophene rings is 1. The number of benzene rings is 1. The Morgan fingerprint density at radius 1 is 1.22 bits per heavy atom. The molecule has 1 saturated carbocycles. The van der Waals surface area contributed by atoms with E-state index >= 15 is 0 Å². The maximum atomic E-state index is 12.6. The standard InChI is InChI=1S/C21H27ClN2O2S/c1-24(2)18(14-7-5-4-6-8-14)15-9-11-16(12-10-15)23-21(25)17-13-27-20(22)19(17)26-3/h4-8,13,15-16,18H,9-12H2,1-3H3,(H,23,25). The second-order valence-electron chi connectivity index (χ2n) is 7.36. The van der Waals surface area contributed by atoms with Crippen molar-refractivity contribution >= 4 is 28.8 Å². The summed E-state index contributed by atoms with van der Waals surface area (Å²) in [4.78, 5) is 14.9. The van der Waals surface area contributed by atoms with E-state index < -0.39 is 0 Å². The molecule has 0 saturated heterocycles. The minimum atomic E-state index is -0.0920. The van der Waals surface area contributed by atoms with Crippen molar-refractivity contribution in [3.63, 3.8) is 0 Å². The first-order valence-electron chi connectivity index (χ1n) is 9.34. The van der Waals surface area contributed by atoms with Gasteiger partial charge in [0.25, 0.3) is 5.91 Å². The molecular weight excluding hydrogens is 380 g/mol. The summed E-state index contributed by atoms with van der Waals surface area (Å²) in [6, 6.07) is 11.3. The largest absolute Gasteiger partial charge is 0.493 e. The Labute approximate surface area is 170 Å². The smallest absolute Gasteiger partial charge is 0.256 e. The first kappa shape index (κ1) is 20.2. The van der Waals surface area contributed by atoms with Crippen LogP contribution >= 0.6 is 22.9 Å². The van der Waals surface area contributed by atoms with E-state index in [0.717, 1.165) is 25.7 Å². The lowest BCUT2D eigenvalue weighted by molar-refractivity contribution is 0.0904. The zero-order valence-corrected chi connectivity index (χ0v) is 17.6. The van der Waals surface area contributed by atoms with Gasteiger partial charge in [-0.2, -0.15) is 0 Å². The van der Waals surface area contributed by atoms with Gasteiger partial charge in [-0.3, -0.25) is 4.79 Å². The number of ether oxygens (including phenoxy) is 1. The SMILES string of the molecule is COc1c(C(=O)NC2CCC(C(c3ccccc3)N(C)C)CC2)csc1Cl. The van der Waals surface area contributed by atoms with E-state index in [1.165, 1.54) is 16.9 Å². The van der Waals surface area contributed by atoms with Crippen LogP contribution in [0.2, 0.25) is 4.34 Å². The van der Waals surface area contributed by atoms with Gasteiger partial charge >= 0.3 is 0 Å². The zero-order chi connectivity index (χ0) is 19.4. The first-order valence-corrected chi connectivity index (χ1v) is 10.6. The third-order valence-electron chi connectivity index (χ3n) is 5.40. The molecule has 4 nitrogen and oxygen atoms in total. The van der Waals surface area contributed by atoms with Crippen LogP contribution in [0, 0.1) is 5.92 Å². The van der Waals surface area contributed by atoms with Crippen LogP contribution in [-0.4, -0.2) is 38.1 Å². The normalized spacial score (nSPS) is 21.1. The zero-order valence-electron chi connectivity index (χ0n) is 16.1. The molecule has 1 aliphatic rings. The fourth-order valence-corrected chi connectivity index (χ4v) is 5.20. The van der Waals surface area contributed by atoms with Crippen molar-refractivity contribution in [3.8, 4) is 5.75 Å². The molecule has 1 aromatic carbocycles. The Kier molecular flexibility index (Phi) is 6.79. The predicted molar refractivity (Wildman–Crippen MR) is 112 cm³/mol. The molecule has 1 amide bonds. The van der Waals surface area contributed by atoms with Crippen molar-refractivity contribution in [3.05, 3.63) is 51.2 Å². The van der Waals surface area contributed by atoms with Crippen molar-refractivity contribution in [2.75, 3.05) is 21.2 Å². The molecule has 1 fully saturated rings. The summed E-state index contributed by atoms with van der Waals surface area (Å²) in [6.07, 6.45) is 4.19. The van der Waals surface area contributed by atoms with Crippen molar-refractivity contribution < 1.29 is 9.53 Å². The van der Waals surface area contributed by atoms with Crippen LogP contribution in [0.25, 0.3) is 0 Å². The summed E-state index contributed by atoms with van der Waals surface area (Å²) in [7, 11) is 5.84. The second kappa shape index (κ2) is 9.09. The van der Waals surface area contributed by atoms with Gasteiger partial charge in [0.15, 0.2) is 5.75 Å². The van der Waals surface area contributed by atoms with Gasteiger partial charge in [0, 0.05) is 17.5 Å². The lowest BCUT2D eigenvalue weighted by Crippen LogP contribution is -2.39. The average Bonchev–Trinajstić information content (AvgIpc) is 3.04. The van der Waals surface area contributed by atoms with E-state index in [-0.39, 0.29) is 11.9 Å². The van der Waals surface area contributed by atoms with Gasteiger partial charge < -0.3 is 15.0 Å². The summed E-state index contributed by atoms with van der Waals surface area (Å²) >= 11 is 7.41. The summed E-state index contributed by atoms with van der Waals surface area (Å²) < 4.78 is 5.78. The number of hydrogen-bond acceptors (Lipinski definition) is 4. The lowest BCUT2D eigenvalue weighted by Gasteiger charge is -2.37. The molecule has 0 spiro atoms. The van der Waals surface area contributed by atoms with E-state index in [9.17, 15) is 4.79 Å². The Bertz CT molecular complexity index is 755. The third-order valence-corrected chi connectivity index (χ3v) is 6.59. The number of nitrogens with one attached hydrogen (secondary N) is 1. The summed E-state index contributed by atoms with van der Waals surface area (Å²) in [6.45, 7) is 0. The van der Waals surface area contributed by atoms with E-state index in [1.807, 2.05) is 0 Å². The topological polar surface area (TPSA) is 41.6 Å². The van der Waals surface area contributed by atoms with Gasteiger partial charge in [0.05, 0.1) is 12.7 Å². The number of methoxy groups -OCH3 is 1. The van der Waals surface area contributed by atoms with E-state index in [4.69, 9.17) is 16.3 Å². The molecule has 0 bridgehead atoms. The summed E-state index contributed by atoms with van der Waals surface area (Å²) in [5.41, 5.74) is 1.90. The minimum Gasteiger partial charge on any atom is -0.493 e. The van der Waals surface area contributed by atoms with Crippen LogP contribution < -0.4 is 10.1 Å². The highest BCUT2D eigenvalue weighted by Crippen LogP contribution is 2.38. The fraction of sp³-hybridized carbons (Fsp3) is 0.476. The van der Waals surface area contributed by atoms with Gasteiger partial charge in [-0.1, -0.05) is 41.9 Å². The van der Waals surface area contributed by atoms with Crippen molar-refractivity contribution in [1.29, 1.82) is 0 Å². The molecule has 1 atom stereocenters. The van der Waals surface area contributed by atoms with Gasteiger partial charge in [-0.05, 0) is 51.3 Å². The lowest BCUT2D eigenvalue weighted by atomic mass is 9.78. The number of rotatable bonds is 6. The molecule has 1 unspecified atom stereocenters. The number of amides is 1. The average molecular weight is 407 g/mol. The van der Waals surface area contributed by atoms with E-state index in [2.05, 4.69) is 54.6 Å². The molecule has 146 valence electrons. The van der Waals surface area contributed by atoms with E-state index in [1.54, 1.807) is 12.5 Å². The molecule has 3 rings (SSSR count). The van der Waals surface area contributed by atoms with Gasteiger partial charge in [0.2, 0.25) is 0 Å². The van der Waals surface area contributed by atoms with Crippen molar-refractivity contribution in [2.45, 2.75) is 37.8 Å². The first-order chi connectivity index (χ1) is 13.0. The van der Waals surface area contributed by atoms with Gasteiger partial charge in [-0.25, -0.2) is 0 Å². The Balaban J connectivity index is 1.60. The van der Waals surface area contributed by atoms with Crippen LogP contribution in [0.5, 0.6) is 5.75 Å². The molecule has 1 heterocycles. The van der Waals surface area contributed by atoms with Gasteiger partial charge in [0.1, 0.15) is 4.34 Å². The highest BCUT2D eigenvalue weighted by atomic mass is 35.5. The van der Waals surface area contributed by atoms with Crippen LogP contribution in [0.1, 0.15) is 47.6 Å². The Hall–Kier alpha value is -1.56. The molecule has 1 N–H and O–H groups in total. The van der Waals surface area contributed by atoms with Crippen LogP contribution in [0.3, 0.4) is 0 Å². The van der Waals surface area contributed by atoms with Crippen LogP contribution in [0.15, 0.2) is 35.7 Å². The van der Waals surface area contributed by atoms with Crippen molar-refractivity contribution in [1.82, 2.24) is 10.2 Å². The Morgan fingerprint density at radius 3 is 2.48 bits per heavy atom. The predicted octanol–water partition coefficient (Wildman–Crippen LogP) is 5.00. The molecule has 0 radical (unpaired) electrons. The molecular formula is C21H27ClN2O2S. The highest BCUT2D eigenvalue weighted by molar-refractivity contribution is 7.15. The number of nitrogens with zero attached hydrogens (tertiary/aromatic N) is 1. The number of carbonyl (C=O) groups is 1. The Morgan fingerprint density at radius 2 is 1.89 bits per heavy atom. The van der Waals surface area contributed by atoms with E-state index in [0.29, 0.717) is 27.6 Å². The fourth-order valence-electron chi connectivity index (χ4n) is 4.15. The molecule has 2 aromatic rings. The molecule has 27 heavy (non-hydrogen) atoms.